The average Bonchev–Trinajstić information content (AvgIpc) is 3.08. The molecule has 106 valence electrons. The van der Waals surface area contributed by atoms with Crippen LogP contribution >= 0.6 is 38.6 Å². The molecule has 2 heterocycles. The molecule has 2 aromatic heterocycles. The van der Waals surface area contributed by atoms with Crippen LogP contribution < -0.4 is 0 Å². The summed E-state index contributed by atoms with van der Waals surface area (Å²) in [4.78, 5) is 3.74. The molecule has 0 N–H and O–H groups in total. The van der Waals surface area contributed by atoms with Gasteiger partial charge in [0.25, 0.3) is 0 Å². The zero-order valence-electron chi connectivity index (χ0n) is 11.5. The van der Waals surface area contributed by atoms with E-state index in [2.05, 4.69) is 39.3 Å². The number of unbranched alkanes of at least 4 members (excludes halogenated alkanes) is 5. The highest BCUT2D eigenvalue weighted by Gasteiger charge is 1.97. The Morgan fingerprint density at radius 3 is 2.47 bits per heavy atom. The maximum absolute atomic E-state index is 3.74. The van der Waals surface area contributed by atoms with Gasteiger partial charge in [-0.1, -0.05) is 39.0 Å². The first-order valence-corrected chi connectivity index (χ1v) is 9.49. The Bertz CT molecular complexity index is 381. The summed E-state index contributed by atoms with van der Waals surface area (Å²) in [5.74, 6) is 0. The molecule has 4 heteroatoms. The second-order valence-electron chi connectivity index (χ2n) is 4.45. The Labute approximate surface area is 133 Å². The lowest BCUT2D eigenvalue weighted by molar-refractivity contribution is 0.608. The van der Waals surface area contributed by atoms with E-state index in [0.29, 0.717) is 0 Å². The molecule has 2 rings (SSSR count). The van der Waals surface area contributed by atoms with E-state index in [9.17, 15) is 0 Å². The fourth-order valence-corrected chi connectivity index (χ4v) is 3.36. The fourth-order valence-electron chi connectivity index (χ4n) is 1.76. The molecule has 0 radical (unpaired) electrons. The van der Waals surface area contributed by atoms with Crippen molar-refractivity contribution < 1.29 is 0 Å². The zero-order chi connectivity index (χ0) is 13.8. The van der Waals surface area contributed by atoms with Gasteiger partial charge in [0.2, 0.25) is 0 Å². The topological polar surface area (TPSA) is 12.9 Å². The molecule has 19 heavy (non-hydrogen) atoms. The van der Waals surface area contributed by atoms with Crippen LogP contribution in [0, 0.1) is 0 Å². The third kappa shape index (κ3) is 9.36. The van der Waals surface area contributed by atoms with Gasteiger partial charge in [0.15, 0.2) is 0 Å². The van der Waals surface area contributed by atoms with E-state index in [-0.39, 0.29) is 0 Å². The van der Waals surface area contributed by atoms with Crippen LogP contribution in [0.1, 0.15) is 51.0 Å². The molecule has 0 aliphatic heterocycles. The number of hydrogen-bond donors (Lipinski definition) is 0. The van der Waals surface area contributed by atoms with Gasteiger partial charge < -0.3 is 0 Å². The Morgan fingerprint density at radius 2 is 1.95 bits per heavy atom. The predicted octanol–water partition coefficient (Wildman–Crippen LogP) is 6.56. The molecule has 0 spiro atoms. The van der Waals surface area contributed by atoms with E-state index in [1.165, 1.54) is 54.3 Å². The fraction of sp³-hybridized carbons (Fsp3) is 0.533. The molecule has 0 saturated heterocycles. The quantitative estimate of drug-likeness (QED) is 0.510. The molecule has 0 unspecified atom stereocenters. The van der Waals surface area contributed by atoms with Crippen LogP contribution in [0.25, 0.3) is 0 Å². The summed E-state index contributed by atoms with van der Waals surface area (Å²) in [7, 11) is 0. The Hall–Kier alpha value is -0.190. The summed E-state index contributed by atoms with van der Waals surface area (Å²) < 4.78 is 1.26. The van der Waals surface area contributed by atoms with Crippen LogP contribution in [0.4, 0.5) is 0 Å². The molecule has 0 fully saturated rings. The lowest BCUT2D eigenvalue weighted by Crippen LogP contribution is -1.83. The van der Waals surface area contributed by atoms with Gasteiger partial charge in [-0.25, -0.2) is 0 Å². The first-order valence-electron chi connectivity index (χ1n) is 6.88. The van der Waals surface area contributed by atoms with Gasteiger partial charge in [0.05, 0.1) is 9.30 Å². The van der Waals surface area contributed by atoms with Crippen LogP contribution in [0.15, 0.2) is 32.3 Å². The number of halogens is 1. The maximum atomic E-state index is 3.74. The highest BCUT2D eigenvalue weighted by molar-refractivity contribution is 9.11. The third-order valence-electron chi connectivity index (χ3n) is 2.79. The third-order valence-corrected chi connectivity index (χ3v) is 4.86. The van der Waals surface area contributed by atoms with Crippen LogP contribution in [0.2, 0.25) is 0 Å². The van der Waals surface area contributed by atoms with E-state index in [4.69, 9.17) is 0 Å². The lowest BCUT2D eigenvalue weighted by atomic mass is 10.1. The van der Waals surface area contributed by atoms with E-state index in [0.717, 1.165) is 0 Å². The SMILES string of the molecule is CCCCCCCCc1csc(Br)c1.c1cscn1. The van der Waals surface area contributed by atoms with Crippen molar-refractivity contribution in [3.8, 4) is 0 Å². The number of thiazole rings is 1. The standard InChI is InChI=1S/C12H19BrS.C3H3NS/c1-2-3-4-5-6-7-8-11-9-12(13)14-10-11;1-2-5-3-4-1/h9-10H,2-8H2,1H3;1-3H. The van der Waals surface area contributed by atoms with Gasteiger partial charge in [0.1, 0.15) is 0 Å². The minimum absolute atomic E-state index is 1.26. The normalized spacial score (nSPS) is 10.0. The highest BCUT2D eigenvalue weighted by atomic mass is 79.9. The maximum Gasteiger partial charge on any atom is 0.0791 e. The molecule has 0 amide bonds. The lowest BCUT2D eigenvalue weighted by Gasteiger charge is -1.99. The van der Waals surface area contributed by atoms with Gasteiger partial charge in [-0.15, -0.1) is 22.7 Å². The van der Waals surface area contributed by atoms with Crippen molar-refractivity contribution in [2.24, 2.45) is 0 Å². The molecule has 0 atom stereocenters. The molecule has 1 nitrogen and oxygen atoms in total. The van der Waals surface area contributed by atoms with Crippen LogP contribution in [0.3, 0.4) is 0 Å². The summed E-state index contributed by atoms with van der Waals surface area (Å²) in [6.07, 6.45) is 11.4. The molecular weight excluding hydrogens is 338 g/mol. The van der Waals surface area contributed by atoms with Crippen LogP contribution in [-0.2, 0) is 6.42 Å². The highest BCUT2D eigenvalue weighted by Crippen LogP contribution is 2.22. The summed E-state index contributed by atoms with van der Waals surface area (Å²) in [5, 5.41) is 4.19. The van der Waals surface area contributed by atoms with E-state index >= 15 is 0 Å². The van der Waals surface area contributed by atoms with Gasteiger partial charge in [-0.3, -0.25) is 4.98 Å². The van der Waals surface area contributed by atoms with Crippen molar-refractivity contribution in [2.75, 3.05) is 0 Å². The second kappa shape index (κ2) is 11.6. The Morgan fingerprint density at radius 1 is 1.16 bits per heavy atom. The van der Waals surface area contributed by atoms with Crippen molar-refractivity contribution in [1.82, 2.24) is 4.98 Å². The average molecular weight is 360 g/mol. The largest absolute Gasteiger partial charge is 0.253 e. The summed E-state index contributed by atoms with van der Waals surface area (Å²) in [6.45, 7) is 2.27. The van der Waals surface area contributed by atoms with Crippen molar-refractivity contribution in [3.05, 3.63) is 37.9 Å². The predicted molar refractivity (Wildman–Crippen MR) is 91.2 cm³/mol. The molecule has 0 aliphatic carbocycles. The zero-order valence-corrected chi connectivity index (χ0v) is 14.7. The van der Waals surface area contributed by atoms with Crippen molar-refractivity contribution in [1.29, 1.82) is 0 Å². The van der Waals surface area contributed by atoms with Crippen molar-refractivity contribution in [3.63, 3.8) is 0 Å². The monoisotopic (exact) mass is 359 g/mol. The van der Waals surface area contributed by atoms with Crippen molar-refractivity contribution in [2.45, 2.75) is 51.9 Å². The number of aromatic nitrogens is 1. The number of nitrogens with zero attached hydrogens (tertiary/aromatic N) is 1. The molecule has 0 aliphatic rings. The van der Waals surface area contributed by atoms with Gasteiger partial charge >= 0.3 is 0 Å². The van der Waals surface area contributed by atoms with Gasteiger partial charge in [0, 0.05) is 11.6 Å². The molecule has 2 aromatic rings. The van der Waals surface area contributed by atoms with Crippen LogP contribution in [0.5, 0.6) is 0 Å². The first kappa shape index (κ1) is 16.9. The molecule has 0 aromatic carbocycles. The molecule has 0 saturated carbocycles. The van der Waals surface area contributed by atoms with Gasteiger partial charge in [-0.05, 0) is 45.8 Å². The Kier molecular flexibility index (Phi) is 10.3. The summed E-state index contributed by atoms with van der Waals surface area (Å²) in [6, 6.07) is 2.25. The number of rotatable bonds is 7. The van der Waals surface area contributed by atoms with E-state index in [1.807, 2.05) is 5.38 Å². The summed E-state index contributed by atoms with van der Waals surface area (Å²) in [5.41, 5.74) is 3.29. The summed E-state index contributed by atoms with van der Waals surface area (Å²) >= 11 is 6.89. The van der Waals surface area contributed by atoms with Gasteiger partial charge in [-0.2, -0.15) is 0 Å². The number of aryl methyl sites for hydroxylation is 1. The minimum atomic E-state index is 1.26. The van der Waals surface area contributed by atoms with Crippen LogP contribution in [-0.4, -0.2) is 4.98 Å². The second-order valence-corrected chi connectivity index (χ2v) is 7.50. The number of thiophene rings is 1. The smallest absolute Gasteiger partial charge is 0.0791 e. The van der Waals surface area contributed by atoms with E-state index in [1.54, 1.807) is 34.4 Å². The van der Waals surface area contributed by atoms with Crippen molar-refractivity contribution >= 4 is 38.6 Å². The molecule has 0 bridgehead atoms. The number of hydrogen-bond acceptors (Lipinski definition) is 3. The first-order chi connectivity index (χ1) is 9.33. The molecular formula is C15H22BrNS2. The van der Waals surface area contributed by atoms with E-state index < -0.39 is 0 Å². The minimum Gasteiger partial charge on any atom is -0.253 e. The Balaban J connectivity index is 0.000000300.